The van der Waals surface area contributed by atoms with Crippen LogP contribution in [0.5, 0.6) is 0 Å². The van der Waals surface area contributed by atoms with Crippen LogP contribution in [0, 0.1) is 20.8 Å². The van der Waals surface area contributed by atoms with Crippen LogP contribution < -0.4 is 9.73 Å². The fourth-order valence-electron chi connectivity index (χ4n) is 3.57. The number of aryl methyl sites for hydroxylation is 1. The molecule has 2 aromatic carbocycles. The van der Waals surface area contributed by atoms with Crippen LogP contribution >= 0.6 is 34.8 Å². The Labute approximate surface area is 214 Å². The zero-order valence-corrected chi connectivity index (χ0v) is 22.0. The molecule has 1 aromatic heterocycles. The van der Waals surface area contributed by atoms with Crippen molar-refractivity contribution in [2.45, 2.75) is 20.8 Å². The second-order valence-corrected chi connectivity index (χ2v) is 10.9. The molecule has 0 aliphatic heterocycles. The summed E-state index contributed by atoms with van der Waals surface area (Å²) in [5.74, 6) is -0.600. The zero-order chi connectivity index (χ0) is 25.2. The molecule has 0 aliphatic rings. The largest absolute Gasteiger partial charge is 0.318 e. The third-order valence-corrected chi connectivity index (χ3v) is 7.14. The smallest absolute Gasteiger partial charge is 0.260 e. The second kappa shape index (κ2) is 10.4. The minimum atomic E-state index is -3.74. The molecule has 0 bridgehead atoms. The van der Waals surface area contributed by atoms with E-state index in [9.17, 15) is 13.2 Å². The van der Waals surface area contributed by atoms with Gasteiger partial charge in [-0.3, -0.25) is 9.10 Å². The number of carbonyl (C=O) groups excluding carboxylic acids is 1. The molecule has 1 amide bonds. The molecule has 1 heterocycles. The Morgan fingerprint density at radius 1 is 1.09 bits per heavy atom. The van der Waals surface area contributed by atoms with Crippen LogP contribution in [-0.4, -0.2) is 37.9 Å². The van der Waals surface area contributed by atoms with Gasteiger partial charge in [0.1, 0.15) is 6.54 Å². The number of nitrogens with one attached hydrogen (secondary N) is 1. The van der Waals surface area contributed by atoms with Crippen molar-refractivity contribution in [1.82, 2.24) is 9.99 Å². The first-order chi connectivity index (χ1) is 15.9. The third kappa shape index (κ3) is 5.93. The monoisotopic (exact) mass is 540 g/mol. The highest BCUT2D eigenvalue weighted by atomic mass is 35.5. The summed E-state index contributed by atoms with van der Waals surface area (Å²) in [6.07, 6.45) is 2.53. The molecule has 0 atom stereocenters. The fourth-order valence-corrected chi connectivity index (χ4v) is 5.16. The molecule has 1 N–H and O–H groups in total. The first-order valence-electron chi connectivity index (χ1n) is 10.1. The second-order valence-electron chi connectivity index (χ2n) is 7.74. The van der Waals surface area contributed by atoms with Crippen LogP contribution in [0.3, 0.4) is 0 Å². The number of rotatable bonds is 7. The SMILES string of the molecule is Cc1c(Cl)cccc1N(CC(=O)N/N=C\c1cc(C)n(-c2cc(Cl)cc(Cl)c2)c1C)S(C)(=O)=O. The maximum Gasteiger partial charge on any atom is 0.260 e. The number of amides is 1. The van der Waals surface area contributed by atoms with Crippen molar-refractivity contribution in [3.05, 3.63) is 80.0 Å². The van der Waals surface area contributed by atoms with Crippen molar-refractivity contribution in [1.29, 1.82) is 0 Å². The molecule has 0 spiro atoms. The number of hydrazone groups is 1. The van der Waals surface area contributed by atoms with E-state index in [4.69, 9.17) is 34.8 Å². The van der Waals surface area contributed by atoms with Gasteiger partial charge in [0.25, 0.3) is 5.91 Å². The molecular weight excluding hydrogens is 519 g/mol. The van der Waals surface area contributed by atoms with E-state index in [-0.39, 0.29) is 0 Å². The number of hydrogen-bond donors (Lipinski definition) is 1. The molecule has 0 unspecified atom stereocenters. The third-order valence-electron chi connectivity index (χ3n) is 5.16. The van der Waals surface area contributed by atoms with Crippen LogP contribution in [0.25, 0.3) is 5.69 Å². The van der Waals surface area contributed by atoms with E-state index in [2.05, 4.69) is 10.5 Å². The quantitative estimate of drug-likeness (QED) is 0.326. The summed E-state index contributed by atoms with van der Waals surface area (Å²) >= 11 is 18.4. The number of hydrogen-bond acceptors (Lipinski definition) is 4. The lowest BCUT2D eigenvalue weighted by molar-refractivity contribution is -0.119. The topological polar surface area (TPSA) is 83.8 Å². The van der Waals surface area contributed by atoms with Gasteiger partial charge < -0.3 is 4.57 Å². The Morgan fingerprint density at radius 2 is 1.74 bits per heavy atom. The lowest BCUT2D eigenvalue weighted by atomic mass is 10.2. The number of nitrogens with zero attached hydrogens (tertiary/aromatic N) is 3. The summed E-state index contributed by atoms with van der Waals surface area (Å²) in [5.41, 5.74) is 6.63. The van der Waals surface area contributed by atoms with E-state index in [1.165, 1.54) is 6.21 Å². The Bertz CT molecular complexity index is 1360. The summed E-state index contributed by atoms with van der Waals surface area (Å²) in [6.45, 7) is 5.07. The van der Waals surface area contributed by atoms with Crippen molar-refractivity contribution in [3.63, 3.8) is 0 Å². The Kier molecular flexibility index (Phi) is 7.98. The Balaban J connectivity index is 1.79. The van der Waals surface area contributed by atoms with Gasteiger partial charge >= 0.3 is 0 Å². The first kappa shape index (κ1) is 26.1. The van der Waals surface area contributed by atoms with Crippen molar-refractivity contribution in [2.24, 2.45) is 5.10 Å². The van der Waals surface area contributed by atoms with Gasteiger partial charge in [0.2, 0.25) is 10.0 Å². The number of sulfonamides is 1. The summed E-state index contributed by atoms with van der Waals surface area (Å²) in [7, 11) is -3.74. The lowest BCUT2D eigenvalue weighted by Crippen LogP contribution is -2.39. The number of anilines is 1. The maximum atomic E-state index is 12.5. The molecule has 3 aromatic rings. The van der Waals surface area contributed by atoms with Gasteiger partial charge in [0.05, 0.1) is 18.2 Å². The highest BCUT2D eigenvalue weighted by molar-refractivity contribution is 7.92. The minimum Gasteiger partial charge on any atom is -0.318 e. The number of halogens is 3. The first-order valence-corrected chi connectivity index (χ1v) is 13.1. The van der Waals surface area contributed by atoms with Crippen molar-refractivity contribution >= 4 is 62.6 Å². The normalized spacial score (nSPS) is 11.7. The predicted molar refractivity (Wildman–Crippen MR) is 139 cm³/mol. The molecule has 7 nitrogen and oxygen atoms in total. The molecule has 0 radical (unpaired) electrons. The number of benzene rings is 2. The lowest BCUT2D eigenvalue weighted by Gasteiger charge is -2.23. The number of aromatic nitrogens is 1. The average Bonchev–Trinajstić information content (AvgIpc) is 3.00. The number of carbonyl (C=O) groups is 1. The van der Waals surface area contributed by atoms with Crippen molar-refractivity contribution < 1.29 is 13.2 Å². The van der Waals surface area contributed by atoms with E-state index in [1.54, 1.807) is 43.3 Å². The highest BCUT2D eigenvalue weighted by Gasteiger charge is 2.23. The molecular formula is C23H23Cl3N4O3S. The van der Waals surface area contributed by atoms with Crippen LogP contribution in [0.2, 0.25) is 15.1 Å². The van der Waals surface area contributed by atoms with E-state index in [0.717, 1.165) is 33.2 Å². The van der Waals surface area contributed by atoms with Crippen LogP contribution in [-0.2, 0) is 14.8 Å². The molecule has 180 valence electrons. The minimum absolute atomic E-state index is 0.331. The molecule has 3 rings (SSSR count). The van der Waals surface area contributed by atoms with Gasteiger partial charge in [0, 0.05) is 37.7 Å². The maximum absolute atomic E-state index is 12.5. The standard InChI is InChI=1S/C23H23Cl3N4O3S/c1-14-8-17(16(3)30(14)20-10-18(24)9-19(25)11-20)12-27-28-23(31)13-29(34(4,32)33)22-7-5-6-21(26)15(22)2/h5-12H,13H2,1-4H3,(H,28,31)/b27-12-. The molecule has 34 heavy (non-hydrogen) atoms. The summed E-state index contributed by atoms with van der Waals surface area (Å²) in [6, 6.07) is 12.0. The Morgan fingerprint density at radius 3 is 2.35 bits per heavy atom. The highest BCUT2D eigenvalue weighted by Crippen LogP contribution is 2.28. The zero-order valence-electron chi connectivity index (χ0n) is 18.9. The summed E-state index contributed by atoms with van der Waals surface area (Å²) < 4.78 is 27.6. The molecule has 0 saturated heterocycles. The van der Waals surface area contributed by atoms with E-state index >= 15 is 0 Å². The van der Waals surface area contributed by atoms with Gasteiger partial charge in [-0.05, 0) is 62.7 Å². The van der Waals surface area contributed by atoms with E-state index in [1.807, 2.05) is 24.5 Å². The van der Waals surface area contributed by atoms with Crippen LogP contribution in [0.4, 0.5) is 5.69 Å². The van der Waals surface area contributed by atoms with Gasteiger partial charge in [-0.25, -0.2) is 13.8 Å². The molecule has 11 heteroatoms. The van der Waals surface area contributed by atoms with E-state index in [0.29, 0.717) is 26.3 Å². The van der Waals surface area contributed by atoms with Crippen LogP contribution in [0.1, 0.15) is 22.5 Å². The molecule has 0 aliphatic carbocycles. The molecule has 0 fully saturated rings. The van der Waals surface area contributed by atoms with Crippen molar-refractivity contribution in [3.8, 4) is 5.69 Å². The van der Waals surface area contributed by atoms with Crippen LogP contribution in [0.15, 0.2) is 47.6 Å². The van der Waals surface area contributed by atoms with Gasteiger partial charge in [-0.15, -0.1) is 0 Å². The van der Waals surface area contributed by atoms with Gasteiger partial charge in [-0.2, -0.15) is 5.10 Å². The predicted octanol–water partition coefficient (Wildman–Crippen LogP) is 5.28. The van der Waals surface area contributed by atoms with Gasteiger partial charge in [-0.1, -0.05) is 40.9 Å². The summed E-state index contributed by atoms with van der Waals surface area (Å²) in [4.78, 5) is 12.5. The van der Waals surface area contributed by atoms with Gasteiger partial charge in [0.15, 0.2) is 0 Å². The summed E-state index contributed by atoms with van der Waals surface area (Å²) in [5, 5.41) is 5.45. The Hall–Kier alpha value is -2.52. The van der Waals surface area contributed by atoms with Crippen molar-refractivity contribution in [2.75, 3.05) is 17.1 Å². The van der Waals surface area contributed by atoms with E-state index < -0.39 is 22.5 Å². The fraction of sp³-hybridized carbons (Fsp3) is 0.217. The molecule has 0 saturated carbocycles. The average molecular weight is 542 g/mol.